The molecule has 1 aliphatic rings. The van der Waals surface area contributed by atoms with Gasteiger partial charge in [-0.05, 0) is 56.2 Å². The van der Waals surface area contributed by atoms with Crippen LogP contribution in [0.5, 0.6) is 0 Å². The largest absolute Gasteiger partial charge is 0.462 e. The summed E-state index contributed by atoms with van der Waals surface area (Å²) in [6.07, 6.45) is 0.988. The molecule has 3 aromatic rings. The summed E-state index contributed by atoms with van der Waals surface area (Å²) in [5.74, 6) is -0.868. The average molecular weight is 461 g/mol. The maximum Gasteiger partial charge on any atom is 0.338 e. The van der Waals surface area contributed by atoms with Gasteiger partial charge in [0.05, 0.1) is 23.9 Å². The molecule has 1 amide bonds. The maximum absolute atomic E-state index is 13.3. The van der Waals surface area contributed by atoms with Crippen LogP contribution in [0.1, 0.15) is 30.1 Å². The van der Waals surface area contributed by atoms with Gasteiger partial charge in [-0.1, -0.05) is 6.07 Å². The van der Waals surface area contributed by atoms with Crippen LogP contribution in [0.4, 0.5) is 5.69 Å². The number of hydrogen-bond acceptors (Lipinski definition) is 8. The fourth-order valence-corrected chi connectivity index (χ4v) is 5.95. The third-order valence-corrected chi connectivity index (χ3v) is 7.49. The Kier molecular flexibility index (Phi) is 5.99. The molecular weight excluding hydrogens is 440 g/mol. The number of hydrogen-bond donors (Lipinski definition) is 1. The lowest BCUT2D eigenvalue weighted by molar-refractivity contribution is -0.119. The Labute approximate surface area is 183 Å². The van der Waals surface area contributed by atoms with E-state index in [-0.39, 0.29) is 18.0 Å². The number of aromatic nitrogens is 2. The van der Waals surface area contributed by atoms with Crippen molar-refractivity contribution >= 4 is 50.3 Å². The zero-order valence-corrected chi connectivity index (χ0v) is 18.3. The van der Waals surface area contributed by atoms with Crippen LogP contribution in [0.25, 0.3) is 11.0 Å². The molecule has 1 saturated heterocycles. The number of ether oxygens (including phenoxy) is 1. The van der Waals surface area contributed by atoms with Crippen LogP contribution in [-0.4, -0.2) is 52.5 Å². The minimum absolute atomic E-state index is 0.0530. The van der Waals surface area contributed by atoms with Gasteiger partial charge in [-0.25, -0.2) is 13.2 Å². The molecule has 2 heterocycles. The van der Waals surface area contributed by atoms with Crippen molar-refractivity contribution in [3.05, 3.63) is 48.0 Å². The monoisotopic (exact) mass is 460 g/mol. The topological polar surface area (TPSA) is 119 Å². The van der Waals surface area contributed by atoms with Crippen molar-refractivity contribution in [2.24, 2.45) is 0 Å². The fourth-order valence-electron chi connectivity index (χ4n) is 3.54. The van der Waals surface area contributed by atoms with Crippen LogP contribution in [0.2, 0.25) is 0 Å². The van der Waals surface area contributed by atoms with Gasteiger partial charge in [0, 0.05) is 12.2 Å². The fraction of sp³-hybridized carbons (Fsp3) is 0.300. The lowest BCUT2D eigenvalue weighted by Gasteiger charge is -2.23. The van der Waals surface area contributed by atoms with E-state index in [0.29, 0.717) is 35.1 Å². The molecule has 1 unspecified atom stereocenters. The highest BCUT2D eigenvalue weighted by atomic mass is 32.2. The number of sulfonamides is 1. The Bertz CT molecular complexity index is 1220. The highest BCUT2D eigenvalue weighted by molar-refractivity contribution is 7.89. The van der Waals surface area contributed by atoms with Crippen molar-refractivity contribution in [2.45, 2.75) is 30.7 Å². The van der Waals surface area contributed by atoms with Crippen LogP contribution >= 0.6 is 11.7 Å². The van der Waals surface area contributed by atoms with Gasteiger partial charge in [0.2, 0.25) is 15.9 Å². The van der Waals surface area contributed by atoms with E-state index in [2.05, 4.69) is 14.1 Å². The van der Waals surface area contributed by atoms with Gasteiger partial charge in [0.1, 0.15) is 22.0 Å². The van der Waals surface area contributed by atoms with Gasteiger partial charge in [-0.3, -0.25) is 4.79 Å². The predicted molar refractivity (Wildman–Crippen MR) is 115 cm³/mol. The highest BCUT2D eigenvalue weighted by Crippen LogP contribution is 2.30. The highest BCUT2D eigenvalue weighted by Gasteiger charge is 2.40. The number of esters is 1. The van der Waals surface area contributed by atoms with Gasteiger partial charge in [0.15, 0.2) is 0 Å². The van der Waals surface area contributed by atoms with E-state index in [1.165, 1.54) is 10.4 Å². The number of fused-ring (bicyclic) bond motifs is 1. The van der Waals surface area contributed by atoms with Crippen molar-refractivity contribution in [1.29, 1.82) is 0 Å². The molecule has 1 N–H and O–H groups in total. The SMILES string of the molecule is CCOC(=O)c1ccc(NC(=O)C2CCCN2S(=O)(=O)c2cccc3nsnc23)cc1. The zero-order valence-electron chi connectivity index (χ0n) is 16.6. The summed E-state index contributed by atoms with van der Waals surface area (Å²) >= 11 is 0.946. The molecule has 1 fully saturated rings. The number of carbonyl (C=O) groups is 2. The number of benzene rings is 2. The van der Waals surface area contributed by atoms with Crippen molar-refractivity contribution in [3.8, 4) is 0 Å². The Morgan fingerprint density at radius 3 is 2.71 bits per heavy atom. The second-order valence-electron chi connectivity index (χ2n) is 6.95. The van der Waals surface area contributed by atoms with Crippen LogP contribution in [0.15, 0.2) is 47.4 Å². The van der Waals surface area contributed by atoms with Gasteiger partial charge in [-0.15, -0.1) is 0 Å². The van der Waals surface area contributed by atoms with E-state index in [4.69, 9.17) is 4.74 Å². The first-order valence-electron chi connectivity index (χ1n) is 9.73. The first-order chi connectivity index (χ1) is 14.9. The minimum Gasteiger partial charge on any atom is -0.462 e. The number of carbonyl (C=O) groups excluding carboxylic acids is 2. The molecule has 0 radical (unpaired) electrons. The van der Waals surface area contributed by atoms with Crippen molar-refractivity contribution < 1.29 is 22.7 Å². The van der Waals surface area contributed by atoms with E-state index in [9.17, 15) is 18.0 Å². The number of rotatable bonds is 6. The van der Waals surface area contributed by atoms with Crippen LogP contribution in [0.3, 0.4) is 0 Å². The third kappa shape index (κ3) is 4.16. The Morgan fingerprint density at radius 1 is 1.19 bits per heavy atom. The van der Waals surface area contributed by atoms with Crippen LogP contribution in [-0.2, 0) is 19.6 Å². The lowest BCUT2D eigenvalue weighted by Crippen LogP contribution is -2.43. The summed E-state index contributed by atoms with van der Waals surface area (Å²) in [6, 6.07) is 10.2. The van der Waals surface area contributed by atoms with E-state index in [1.807, 2.05) is 0 Å². The molecule has 162 valence electrons. The average Bonchev–Trinajstić information content (AvgIpc) is 3.44. The van der Waals surface area contributed by atoms with Crippen molar-refractivity contribution in [1.82, 2.24) is 13.1 Å². The summed E-state index contributed by atoms with van der Waals surface area (Å²) in [7, 11) is -3.93. The number of nitrogens with one attached hydrogen (secondary N) is 1. The second-order valence-corrected chi connectivity index (χ2v) is 9.34. The standard InChI is InChI=1S/C20H20N4O5S2/c1-2-29-20(26)13-8-10-14(11-9-13)21-19(25)16-6-4-12-24(16)31(27,28)17-7-3-5-15-18(17)23-30-22-15/h3,5,7-11,16H,2,4,6,12H2,1H3,(H,21,25). The maximum atomic E-state index is 13.3. The molecule has 4 rings (SSSR count). The van der Waals surface area contributed by atoms with E-state index < -0.39 is 27.9 Å². The molecule has 1 aromatic heterocycles. The van der Waals surface area contributed by atoms with Gasteiger partial charge in [-0.2, -0.15) is 13.1 Å². The first-order valence-corrected chi connectivity index (χ1v) is 11.9. The van der Waals surface area contributed by atoms with Crippen LogP contribution < -0.4 is 5.32 Å². The predicted octanol–water partition coefficient (Wildman–Crippen LogP) is 2.66. The minimum atomic E-state index is -3.93. The molecule has 1 atom stereocenters. The normalized spacial score (nSPS) is 17.0. The molecular formula is C20H20N4O5S2. The van der Waals surface area contributed by atoms with E-state index in [1.54, 1.807) is 43.3 Å². The first kappa shape index (κ1) is 21.3. The van der Waals surface area contributed by atoms with E-state index in [0.717, 1.165) is 11.7 Å². The van der Waals surface area contributed by atoms with Crippen LogP contribution in [0, 0.1) is 0 Å². The number of amides is 1. The van der Waals surface area contributed by atoms with Gasteiger partial charge >= 0.3 is 5.97 Å². The van der Waals surface area contributed by atoms with Gasteiger partial charge in [0.25, 0.3) is 0 Å². The van der Waals surface area contributed by atoms with E-state index >= 15 is 0 Å². The Balaban J connectivity index is 1.53. The van der Waals surface area contributed by atoms with Crippen molar-refractivity contribution in [2.75, 3.05) is 18.5 Å². The molecule has 2 aromatic carbocycles. The summed E-state index contributed by atoms with van der Waals surface area (Å²) in [5.41, 5.74) is 1.66. The molecule has 31 heavy (non-hydrogen) atoms. The Hall–Kier alpha value is -2.89. The quantitative estimate of drug-likeness (QED) is 0.562. The molecule has 11 heteroatoms. The number of anilines is 1. The Morgan fingerprint density at radius 2 is 1.97 bits per heavy atom. The molecule has 9 nitrogen and oxygen atoms in total. The molecule has 0 saturated carbocycles. The molecule has 0 aliphatic carbocycles. The number of nitrogens with zero attached hydrogens (tertiary/aromatic N) is 3. The zero-order chi connectivity index (χ0) is 22.0. The summed E-state index contributed by atoms with van der Waals surface area (Å²) in [5, 5.41) is 2.74. The molecule has 1 aliphatic heterocycles. The molecule has 0 bridgehead atoms. The summed E-state index contributed by atoms with van der Waals surface area (Å²) in [6.45, 7) is 2.24. The second kappa shape index (κ2) is 8.69. The van der Waals surface area contributed by atoms with Crippen molar-refractivity contribution in [3.63, 3.8) is 0 Å². The smallest absolute Gasteiger partial charge is 0.338 e. The summed E-state index contributed by atoms with van der Waals surface area (Å²) in [4.78, 5) is 24.7. The van der Waals surface area contributed by atoms with Gasteiger partial charge < -0.3 is 10.1 Å². The molecule has 0 spiro atoms. The third-order valence-electron chi connectivity index (χ3n) is 5.01. The summed E-state index contributed by atoms with van der Waals surface area (Å²) < 4.78 is 41.0. The lowest BCUT2D eigenvalue weighted by atomic mass is 10.2.